The average Bonchev–Trinajstić information content (AvgIpc) is 3.08. The molecule has 1 fully saturated rings. The van der Waals surface area contributed by atoms with Gasteiger partial charge in [-0.15, -0.1) is 12.4 Å². The zero-order chi connectivity index (χ0) is 21.8. The number of aromatic nitrogens is 1. The average molecular weight is 474 g/mol. The lowest BCUT2D eigenvalue weighted by molar-refractivity contribution is 0.432. The van der Waals surface area contributed by atoms with Gasteiger partial charge in [-0.1, -0.05) is 48.6 Å². The lowest BCUT2D eigenvalue weighted by atomic mass is 10.1. The normalized spacial score (nSPS) is 15.5. The number of aryl methyl sites for hydroxylation is 1. The largest absolute Gasteiger partial charge is 0.315 e. The Balaban J connectivity index is 0.00000289. The van der Waals surface area contributed by atoms with Crippen molar-refractivity contribution in [3.05, 3.63) is 82.3 Å². The standard InChI is InChI=1S/C24H27N3O3S.ClH/c1-19-18-26(15-6-10-20-8-3-2-4-9-20)24(28)21-11-5-12-22(23(19)21)31(29,30)27-16-7-13-25-14-17-27;/h2-6,8-12,18,25H,7,13-17H2,1H3;1H/b10-6+;. The number of hydrogen-bond acceptors (Lipinski definition) is 4. The van der Waals surface area contributed by atoms with Crippen LogP contribution in [0.15, 0.2) is 70.5 Å². The van der Waals surface area contributed by atoms with Crippen LogP contribution in [0.25, 0.3) is 16.8 Å². The Bertz CT molecular complexity index is 1260. The van der Waals surface area contributed by atoms with Crippen LogP contribution in [0.4, 0.5) is 0 Å². The molecule has 1 aliphatic rings. The van der Waals surface area contributed by atoms with Gasteiger partial charge in [-0.25, -0.2) is 8.42 Å². The number of nitrogens with zero attached hydrogens (tertiary/aromatic N) is 2. The second-order valence-electron chi connectivity index (χ2n) is 7.77. The minimum absolute atomic E-state index is 0. The molecule has 2 heterocycles. The van der Waals surface area contributed by atoms with Gasteiger partial charge in [0.25, 0.3) is 5.56 Å². The van der Waals surface area contributed by atoms with Gasteiger partial charge in [0, 0.05) is 43.1 Å². The van der Waals surface area contributed by atoms with E-state index >= 15 is 0 Å². The van der Waals surface area contributed by atoms with Gasteiger partial charge in [-0.2, -0.15) is 4.31 Å². The molecule has 0 saturated carbocycles. The zero-order valence-electron chi connectivity index (χ0n) is 18.0. The number of rotatable bonds is 5. The molecule has 0 spiro atoms. The summed E-state index contributed by atoms with van der Waals surface area (Å²) in [5.41, 5.74) is 1.65. The van der Waals surface area contributed by atoms with E-state index in [1.165, 1.54) is 4.31 Å². The molecule has 3 aromatic rings. The Morgan fingerprint density at radius 1 is 1.03 bits per heavy atom. The molecule has 1 N–H and O–H groups in total. The van der Waals surface area contributed by atoms with Gasteiger partial charge in [0.05, 0.1) is 4.90 Å². The Kier molecular flexibility index (Phi) is 7.90. The molecule has 0 radical (unpaired) electrons. The molecular formula is C24H28ClN3O3S. The van der Waals surface area contributed by atoms with Crippen molar-refractivity contribution in [2.45, 2.75) is 24.8 Å². The highest BCUT2D eigenvalue weighted by Gasteiger charge is 2.28. The van der Waals surface area contributed by atoms with Gasteiger partial charge in [0.2, 0.25) is 10.0 Å². The summed E-state index contributed by atoms with van der Waals surface area (Å²) < 4.78 is 30.0. The van der Waals surface area contributed by atoms with Crippen LogP contribution in [-0.4, -0.2) is 43.5 Å². The number of allylic oxidation sites excluding steroid dienone is 1. The quantitative estimate of drug-likeness (QED) is 0.616. The van der Waals surface area contributed by atoms with Crippen molar-refractivity contribution in [1.82, 2.24) is 14.2 Å². The van der Waals surface area contributed by atoms with Crippen LogP contribution in [0.1, 0.15) is 17.5 Å². The number of benzene rings is 2. The third-order valence-corrected chi connectivity index (χ3v) is 7.53. The number of sulfonamides is 1. The van der Waals surface area contributed by atoms with Crippen LogP contribution in [-0.2, 0) is 16.6 Å². The molecule has 0 aliphatic carbocycles. The molecule has 8 heteroatoms. The highest BCUT2D eigenvalue weighted by atomic mass is 35.5. The van der Waals surface area contributed by atoms with Crippen LogP contribution >= 0.6 is 12.4 Å². The molecule has 2 aromatic carbocycles. The van der Waals surface area contributed by atoms with Gasteiger partial charge in [0.1, 0.15) is 0 Å². The predicted molar refractivity (Wildman–Crippen MR) is 132 cm³/mol. The molecule has 6 nitrogen and oxygen atoms in total. The lowest BCUT2D eigenvalue weighted by Crippen LogP contribution is -2.34. The number of pyridine rings is 1. The summed E-state index contributed by atoms with van der Waals surface area (Å²) >= 11 is 0. The fraction of sp³-hybridized carbons (Fsp3) is 0.292. The van der Waals surface area contributed by atoms with E-state index in [4.69, 9.17) is 0 Å². The summed E-state index contributed by atoms with van der Waals surface area (Å²) in [6.45, 7) is 4.62. The van der Waals surface area contributed by atoms with Gasteiger partial charge >= 0.3 is 0 Å². The SMILES string of the molecule is Cc1cn(C/C=C/c2ccccc2)c(=O)c2cccc(S(=O)(=O)N3CCCNCC3)c12.Cl. The molecule has 170 valence electrons. The fourth-order valence-corrected chi connectivity index (χ4v) is 5.80. The monoisotopic (exact) mass is 473 g/mol. The Hall–Kier alpha value is -2.45. The van der Waals surface area contributed by atoms with E-state index in [1.54, 1.807) is 29.0 Å². The van der Waals surface area contributed by atoms with Crippen molar-refractivity contribution < 1.29 is 8.42 Å². The number of nitrogens with one attached hydrogen (secondary N) is 1. The molecule has 0 bridgehead atoms. The van der Waals surface area contributed by atoms with Gasteiger partial charge in [0.15, 0.2) is 0 Å². The Morgan fingerprint density at radius 3 is 2.59 bits per heavy atom. The van der Waals surface area contributed by atoms with Crippen LogP contribution < -0.4 is 10.9 Å². The summed E-state index contributed by atoms with van der Waals surface area (Å²) in [6, 6.07) is 14.9. The fourth-order valence-electron chi connectivity index (χ4n) is 4.05. The van der Waals surface area contributed by atoms with Gasteiger partial charge in [-0.3, -0.25) is 4.79 Å². The van der Waals surface area contributed by atoms with Gasteiger partial charge in [-0.05, 0) is 43.1 Å². The smallest absolute Gasteiger partial charge is 0.258 e. The van der Waals surface area contributed by atoms with E-state index < -0.39 is 10.0 Å². The van der Waals surface area contributed by atoms with Crippen molar-refractivity contribution >= 4 is 39.3 Å². The number of hydrogen-bond donors (Lipinski definition) is 1. The minimum atomic E-state index is -3.69. The summed E-state index contributed by atoms with van der Waals surface area (Å²) in [5.74, 6) is 0. The van der Waals surface area contributed by atoms with E-state index in [9.17, 15) is 13.2 Å². The molecule has 0 unspecified atom stereocenters. The maximum atomic E-state index is 13.4. The lowest BCUT2D eigenvalue weighted by Gasteiger charge is -2.21. The van der Waals surface area contributed by atoms with E-state index in [0.717, 1.165) is 24.1 Å². The van der Waals surface area contributed by atoms with Crippen molar-refractivity contribution in [2.24, 2.45) is 0 Å². The van der Waals surface area contributed by atoms with E-state index in [1.807, 2.05) is 49.4 Å². The van der Waals surface area contributed by atoms with E-state index in [0.29, 0.717) is 37.0 Å². The first kappa shape index (κ1) is 24.2. The zero-order valence-corrected chi connectivity index (χ0v) is 19.7. The van der Waals surface area contributed by atoms with Crippen molar-refractivity contribution in [2.75, 3.05) is 26.2 Å². The Labute approximate surface area is 195 Å². The van der Waals surface area contributed by atoms with Gasteiger partial charge < -0.3 is 9.88 Å². The van der Waals surface area contributed by atoms with Crippen LogP contribution in [0.2, 0.25) is 0 Å². The molecular weight excluding hydrogens is 446 g/mol. The molecule has 0 atom stereocenters. The summed E-state index contributed by atoms with van der Waals surface area (Å²) in [5, 5.41) is 4.19. The molecule has 0 amide bonds. The first-order valence-electron chi connectivity index (χ1n) is 10.5. The summed E-state index contributed by atoms with van der Waals surface area (Å²) in [4.78, 5) is 13.4. The topological polar surface area (TPSA) is 71.4 Å². The van der Waals surface area contributed by atoms with Crippen molar-refractivity contribution in [1.29, 1.82) is 0 Å². The second kappa shape index (κ2) is 10.4. The summed E-state index contributed by atoms with van der Waals surface area (Å²) in [6.07, 6.45) is 6.43. The van der Waals surface area contributed by atoms with Crippen LogP contribution in [0.5, 0.6) is 0 Å². The number of fused-ring (bicyclic) bond motifs is 1. The molecule has 1 aliphatic heterocycles. The second-order valence-corrected chi connectivity index (χ2v) is 9.68. The number of halogens is 1. The Morgan fingerprint density at radius 2 is 1.81 bits per heavy atom. The first-order valence-corrected chi connectivity index (χ1v) is 12.0. The van der Waals surface area contributed by atoms with Crippen LogP contribution in [0, 0.1) is 6.92 Å². The highest BCUT2D eigenvalue weighted by molar-refractivity contribution is 7.89. The maximum absolute atomic E-state index is 13.4. The third kappa shape index (κ3) is 4.96. The maximum Gasteiger partial charge on any atom is 0.258 e. The highest BCUT2D eigenvalue weighted by Crippen LogP contribution is 2.27. The molecule has 4 rings (SSSR count). The van der Waals surface area contributed by atoms with Crippen molar-refractivity contribution in [3.8, 4) is 0 Å². The van der Waals surface area contributed by atoms with E-state index in [2.05, 4.69) is 5.32 Å². The predicted octanol–water partition coefficient (Wildman–Crippen LogP) is 3.43. The molecule has 1 aromatic heterocycles. The minimum Gasteiger partial charge on any atom is -0.315 e. The first-order chi connectivity index (χ1) is 15.0. The van der Waals surface area contributed by atoms with Crippen LogP contribution in [0.3, 0.4) is 0 Å². The summed E-state index contributed by atoms with van der Waals surface area (Å²) in [7, 11) is -3.69. The third-order valence-electron chi connectivity index (χ3n) is 5.59. The molecule has 1 saturated heterocycles. The van der Waals surface area contributed by atoms with Crippen molar-refractivity contribution in [3.63, 3.8) is 0 Å². The van der Waals surface area contributed by atoms with E-state index in [-0.39, 0.29) is 22.9 Å². The molecule has 32 heavy (non-hydrogen) atoms.